The van der Waals surface area contributed by atoms with Crippen molar-refractivity contribution in [2.24, 2.45) is 0 Å². The molecule has 1 atom stereocenters. The molecule has 1 unspecified atom stereocenters. The lowest BCUT2D eigenvalue weighted by Crippen LogP contribution is -2.15. The first kappa shape index (κ1) is 19.0. The second-order valence-corrected chi connectivity index (χ2v) is 12.0. The van der Waals surface area contributed by atoms with Crippen LogP contribution in [0.1, 0.15) is 53.8 Å². The fourth-order valence-electron chi connectivity index (χ4n) is 6.62. The summed E-state index contributed by atoms with van der Waals surface area (Å²) in [6, 6.07) is 15.6. The van der Waals surface area contributed by atoms with Crippen LogP contribution in [0.15, 0.2) is 136 Å². The largest absolute Gasteiger partial charge is 0.436 e. The molecule has 4 heteroatoms. The van der Waals surface area contributed by atoms with Gasteiger partial charge in [0.15, 0.2) is 11.2 Å². The van der Waals surface area contributed by atoms with Crippen molar-refractivity contribution in [2.75, 3.05) is 0 Å². The summed E-state index contributed by atoms with van der Waals surface area (Å²) in [5.74, 6) is 0.447. The van der Waals surface area contributed by atoms with Crippen LogP contribution in [0.5, 0.6) is 0 Å². The number of nitrogens with zero attached hydrogens (tertiary/aromatic N) is 2. The summed E-state index contributed by atoms with van der Waals surface area (Å²) >= 11 is 0. The Morgan fingerprint density at radius 3 is 1.91 bits per heavy atom. The van der Waals surface area contributed by atoms with Gasteiger partial charge < -0.3 is 8.83 Å². The number of rotatable bonds is 4. The first-order chi connectivity index (χ1) is 25.3. The number of fused-ring (bicyclic) bond motifs is 5. The number of hydrogen-bond donors (Lipinski definition) is 0. The van der Waals surface area contributed by atoms with Gasteiger partial charge in [-0.3, -0.25) is 0 Å². The Balaban J connectivity index is 1.22. The lowest BCUT2D eigenvalue weighted by Gasteiger charge is -2.24. The van der Waals surface area contributed by atoms with Crippen LogP contribution in [-0.4, -0.2) is 9.97 Å². The van der Waals surface area contributed by atoms with Gasteiger partial charge in [0.2, 0.25) is 11.8 Å². The van der Waals surface area contributed by atoms with Crippen molar-refractivity contribution < 1.29 is 19.8 Å². The van der Waals surface area contributed by atoms with Crippen molar-refractivity contribution >= 4 is 22.2 Å². The van der Waals surface area contributed by atoms with E-state index in [2.05, 4.69) is 78.5 Å². The van der Waals surface area contributed by atoms with Crippen molar-refractivity contribution in [3.05, 3.63) is 144 Å². The second kappa shape index (κ2) is 9.76. The van der Waals surface area contributed by atoms with E-state index in [0.717, 1.165) is 28.7 Å². The fourth-order valence-corrected chi connectivity index (χ4v) is 6.62. The molecule has 45 heavy (non-hydrogen) atoms. The lowest BCUT2D eigenvalue weighted by molar-refractivity contribution is 0.617. The van der Waals surface area contributed by atoms with Crippen LogP contribution in [0, 0.1) is 0 Å². The summed E-state index contributed by atoms with van der Waals surface area (Å²) in [6.07, 6.45) is 9.59. The van der Waals surface area contributed by atoms with Crippen LogP contribution >= 0.6 is 0 Å². The molecule has 0 N–H and O–H groups in total. The minimum absolute atomic E-state index is 0.000357. The highest BCUT2D eigenvalue weighted by atomic mass is 16.4. The molecule has 0 saturated heterocycles. The molecular weight excluding hydrogens is 552 g/mol. The standard InChI is InChI=1S/C41H30N2O2/c1-41(2)33-23-26(25-10-4-3-5-11-25)16-18-31(33)32-19-17-27(24-34(32)41)28-20-29(39-42-35-12-6-8-14-37(35)44-39)22-30(21-28)40-43-36-13-7-9-15-38(36)45-40/h3-10,12-25H,11H2,1-2H3/i6D,7D,8D,9D,12D,13D,14D,15D. The van der Waals surface area contributed by atoms with Crippen LogP contribution < -0.4 is 0 Å². The summed E-state index contributed by atoms with van der Waals surface area (Å²) in [6.45, 7) is 4.46. The monoisotopic (exact) mass is 590 g/mol. The van der Waals surface area contributed by atoms with Crippen LogP contribution in [0.3, 0.4) is 0 Å². The summed E-state index contributed by atoms with van der Waals surface area (Å²) in [7, 11) is 0. The highest BCUT2D eigenvalue weighted by molar-refractivity contribution is 5.86. The van der Waals surface area contributed by atoms with Gasteiger partial charge in [-0.1, -0.05) is 92.7 Å². The van der Waals surface area contributed by atoms with Crippen LogP contribution in [0.25, 0.3) is 67.4 Å². The van der Waals surface area contributed by atoms with Crippen molar-refractivity contribution in [1.82, 2.24) is 9.97 Å². The Labute approximate surface area is 272 Å². The molecule has 5 aromatic carbocycles. The predicted molar refractivity (Wildman–Crippen MR) is 181 cm³/mol. The van der Waals surface area contributed by atoms with E-state index in [1.165, 1.54) is 16.7 Å². The van der Waals surface area contributed by atoms with Gasteiger partial charge in [-0.05, 0) is 93.8 Å². The number of hydrogen-bond acceptors (Lipinski definition) is 4. The molecule has 2 aliphatic rings. The molecular formula is C41H30N2O2. The smallest absolute Gasteiger partial charge is 0.227 e. The number of para-hydroxylation sites is 4. The average molecular weight is 591 g/mol. The highest BCUT2D eigenvalue weighted by Gasteiger charge is 2.36. The van der Waals surface area contributed by atoms with Gasteiger partial charge in [0, 0.05) is 22.5 Å². The molecule has 2 aliphatic carbocycles. The summed E-state index contributed by atoms with van der Waals surface area (Å²) in [5, 5.41) is 0. The Morgan fingerprint density at radius 2 is 1.27 bits per heavy atom. The zero-order chi connectivity index (χ0) is 37.1. The van der Waals surface area contributed by atoms with E-state index in [4.69, 9.17) is 19.8 Å². The van der Waals surface area contributed by atoms with E-state index in [-0.39, 0.29) is 63.6 Å². The van der Waals surface area contributed by atoms with Crippen LogP contribution in [-0.2, 0) is 5.41 Å². The molecule has 4 nitrogen and oxygen atoms in total. The molecule has 0 saturated carbocycles. The normalized spacial score (nSPS) is 18.8. The van der Waals surface area contributed by atoms with Gasteiger partial charge in [-0.25, -0.2) is 9.97 Å². The third kappa shape index (κ3) is 4.21. The number of allylic oxidation sites excluding steroid dienone is 4. The molecule has 2 heterocycles. The van der Waals surface area contributed by atoms with Crippen molar-refractivity contribution in [2.45, 2.75) is 31.6 Å². The molecule has 0 fully saturated rings. The zero-order valence-corrected chi connectivity index (χ0v) is 24.5. The van der Waals surface area contributed by atoms with E-state index >= 15 is 0 Å². The van der Waals surface area contributed by atoms with Crippen molar-refractivity contribution in [1.29, 1.82) is 0 Å². The Kier molecular flexibility index (Phi) is 4.13. The molecule has 0 radical (unpaired) electrons. The number of benzene rings is 5. The second-order valence-electron chi connectivity index (χ2n) is 12.0. The molecule has 216 valence electrons. The quantitative estimate of drug-likeness (QED) is 0.205. The molecule has 0 aliphatic heterocycles. The third-order valence-electron chi connectivity index (χ3n) is 8.96. The van der Waals surface area contributed by atoms with Gasteiger partial charge in [0.05, 0.1) is 11.0 Å². The van der Waals surface area contributed by atoms with Crippen molar-refractivity contribution in [3.8, 4) is 45.2 Å². The molecule has 0 amide bonds. The van der Waals surface area contributed by atoms with Gasteiger partial charge in [-0.2, -0.15) is 0 Å². The number of oxazole rings is 2. The minimum atomic E-state index is -0.424. The van der Waals surface area contributed by atoms with E-state index in [9.17, 15) is 0 Å². The maximum Gasteiger partial charge on any atom is 0.227 e. The van der Waals surface area contributed by atoms with Crippen LogP contribution in [0.4, 0.5) is 0 Å². The zero-order valence-electron chi connectivity index (χ0n) is 32.5. The Morgan fingerprint density at radius 1 is 0.667 bits per heavy atom. The SMILES string of the molecule is [2H]c1c([2H])c([2H])c2oc(-c3cc(-c4ccc5c(c4)C(C)(C)c4cc(C6C=CC=CC6)ccc4-5)cc(-c4nc5c([2H])c([2H])c([2H])c([2H])c5o4)c3)nc2c1[2H]. The highest BCUT2D eigenvalue weighted by Crippen LogP contribution is 2.51. The Bertz CT molecular complexity index is 2590. The first-order valence-electron chi connectivity index (χ1n) is 18.9. The van der Waals surface area contributed by atoms with E-state index in [0.29, 0.717) is 17.0 Å². The fraction of sp³-hybridized carbons (Fsp3) is 0.122. The van der Waals surface area contributed by atoms with Gasteiger partial charge in [-0.15, -0.1) is 0 Å². The predicted octanol–water partition coefficient (Wildman–Crippen LogP) is 10.9. The van der Waals surface area contributed by atoms with Gasteiger partial charge >= 0.3 is 0 Å². The number of aromatic nitrogens is 2. The van der Waals surface area contributed by atoms with Crippen molar-refractivity contribution in [3.63, 3.8) is 0 Å². The summed E-state index contributed by atoms with van der Waals surface area (Å²) < 4.78 is 78.2. The molecule has 2 aromatic heterocycles. The first-order valence-corrected chi connectivity index (χ1v) is 14.9. The minimum Gasteiger partial charge on any atom is -0.436 e. The van der Waals surface area contributed by atoms with E-state index in [1.54, 1.807) is 6.07 Å². The molecule has 0 spiro atoms. The molecule has 9 rings (SSSR count). The maximum absolute atomic E-state index is 8.42. The Hall–Kier alpha value is -5.48. The molecule has 0 bridgehead atoms. The maximum atomic E-state index is 8.42. The van der Waals surface area contributed by atoms with E-state index < -0.39 is 24.2 Å². The van der Waals surface area contributed by atoms with Crippen LogP contribution in [0.2, 0.25) is 0 Å². The lowest BCUT2D eigenvalue weighted by atomic mass is 9.80. The summed E-state index contributed by atoms with van der Waals surface area (Å²) in [4.78, 5) is 9.03. The molecule has 7 aromatic rings. The van der Waals surface area contributed by atoms with E-state index in [1.807, 2.05) is 18.2 Å². The topological polar surface area (TPSA) is 52.1 Å². The average Bonchev–Trinajstić information content (AvgIpc) is 3.89. The third-order valence-corrected chi connectivity index (χ3v) is 8.96. The summed E-state index contributed by atoms with van der Waals surface area (Å²) in [5.41, 5.74) is 8.08. The van der Waals surface area contributed by atoms with Gasteiger partial charge in [0.25, 0.3) is 0 Å². The van der Waals surface area contributed by atoms with Gasteiger partial charge in [0.1, 0.15) is 11.0 Å².